The zero-order chi connectivity index (χ0) is 20.5. The maximum atomic E-state index is 13.3. The lowest BCUT2D eigenvalue weighted by Crippen LogP contribution is -2.54. The summed E-state index contributed by atoms with van der Waals surface area (Å²) in [5.41, 5.74) is -3.38. The number of halogens is 3. The van der Waals surface area contributed by atoms with E-state index < -0.39 is 46.9 Å². The Balaban J connectivity index is 1.99. The maximum absolute atomic E-state index is 13.3. The highest BCUT2D eigenvalue weighted by molar-refractivity contribution is 6.24. The van der Waals surface area contributed by atoms with E-state index >= 15 is 0 Å². The standard InChI is InChI=1S/C19H22F3NO5/c1-27-7-8-28-10-18(6-2-3-13(23-18)19(20,21)22)17(26)14-15(24)11-4-5-12(9-11)16(14)25/h2-3,6,11-12,23,26H,4-5,7-10H2,1H3. The Kier molecular flexibility index (Phi) is 5.67. The van der Waals surface area contributed by atoms with Gasteiger partial charge in [-0.25, -0.2) is 0 Å². The number of allylic oxidation sites excluding steroid dienone is 4. The van der Waals surface area contributed by atoms with E-state index in [0.29, 0.717) is 19.3 Å². The summed E-state index contributed by atoms with van der Waals surface area (Å²) >= 11 is 0. The fourth-order valence-corrected chi connectivity index (χ4v) is 3.91. The van der Waals surface area contributed by atoms with Crippen LogP contribution in [0.5, 0.6) is 0 Å². The lowest BCUT2D eigenvalue weighted by Gasteiger charge is -2.37. The molecule has 2 aliphatic carbocycles. The van der Waals surface area contributed by atoms with Crippen molar-refractivity contribution >= 4 is 11.6 Å². The second-order valence-corrected chi connectivity index (χ2v) is 7.24. The van der Waals surface area contributed by atoms with Gasteiger partial charge in [-0.2, -0.15) is 13.2 Å². The number of aliphatic hydroxyl groups is 1. The molecule has 3 aliphatic rings. The average Bonchev–Trinajstić information content (AvgIpc) is 3.10. The van der Waals surface area contributed by atoms with Crippen LogP contribution < -0.4 is 5.32 Å². The number of dihydropyridines is 1. The number of carbonyl (C=O) groups excluding carboxylic acids is 2. The van der Waals surface area contributed by atoms with Gasteiger partial charge in [0.1, 0.15) is 22.6 Å². The van der Waals surface area contributed by atoms with Crippen LogP contribution in [0.2, 0.25) is 0 Å². The van der Waals surface area contributed by atoms with Crippen LogP contribution in [0.1, 0.15) is 19.3 Å². The molecular formula is C19H22F3NO5. The lowest BCUT2D eigenvalue weighted by atomic mass is 9.78. The van der Waals surface area contributed by atoms with Gasteiger partial charge in [-0.3, -0.25) is 9.59 Å². The molecule has 0 aromatic heterocycles. The van der Waals surface area contributed by atoms with Crippen molar-refractivity contribution in [3.8, 4) is 0 Å². The van der Waals surface area contributed by atoms with E-state index in [-0.39, 0.29) is 25.0 Å². The van der Waals surface area contributed by atoms with Gasteiger partial charge in [0.2, 0.25) is 0 Å². The van der Waals surface area contributed by atoms with Gasteiger partial charge in [-0.15, -0.1) is 0 Å². The molecule has 1 aliphatic heterocycles. The Morgan fingerprint density at radius 2 is 1.89 bits per heavy atom. The summed E-state index contributed by atoms with van der Waals surface area (Å²) in [6.07, 6.45) is 0.0344. The molecule has 1 heterocycles. The minimum absolute atomic E-state index is 0.0641. The first-order chi connectivity index (χ1) is 13.2. The minimum Gasteiger partial charge on any atom is -0.508 e. The van der Waals surface area contributed by atoms with Gasteiger partial charge in [0.15, 0.2) is 11.6 Å². The number of rotatable bonds is 6. The van der Waals surface area contributed by atoms with Crippen molar-refractivity contribution in [2.24, 2.45) is 11.8 Å². The molecule has 2 bridgehead atoms. The Labute approximate surface area is 160 Å². The summed E-state index contributed by atoms with van der Waals surface area (Å²) < 4.78 is 50.0. The number of carbonyl (C=O) groups is 2. The number of alkyl halides is 3. The number of fused-ring (bicyclic) bond motifs is 2. The molecule has 3 atom stereocenters. The molecular weight excluding hydrogens is 379 g/mol. The number of hydrogen-bond acceptors (Lipinski definition) is 6. The molecule has 0 amide bonds. The zero-order valence-electron chi connectivity index (χ0n) is 15.3. The Morgan fingerprint density at radius 3 is 2.46 bits per heavy atom. The summed E-state index contributed by atoms with van der Waals surface area (Å²) in [5.74, 6) is -2.49. The Morgan fingerprint density at radius 1 is 1.25 bits per heavy atom. The SMILES string of the molecule is COCCOCC1(C(O)=C2C(=O)C3CCC(C3)C2=O)C=CC=C(C(F)(F)F)N1. The highest BCUT2D eigenvalue weighted by Crippen LogP contribution is 2.42. The maximum Gasteiger partial charge on any atom is 0.430 e. The van der Waals surface area contributed by atoms with Gasteiger partial charge in [0.05, 0.1) is 19.8 Å². The van der Waals surface area contributed by atoms with Crippen molar-refractivity contribution in [1.82, 2.24) is 5.32 Å². The van der Waals surface area contributed by atoms with Crippen LogP contribution in [-0.2, 0) is 19.1 Å². The number of hydrogen-bond donors (Lipinski definition) is 2. The van der Waals surface area contributed by atoms with Crippen LogP contribution in [-0.4, -0.2) is 55.3 Å². The smallest absolute Gasteiger partial charge is 0.430 e. The number of ether oxygens (including phenoxy) is 2. The molecule has 6 nitrogen and oxygen atoms in total. The number of nitrogens with one attached hydrogen (secondary N) is 1. The zero-order valence-corrected chi connectivity index (χ0v) is 15.3. The third-order valence-corrected chi connectivity index (χ3v) is 5.39. The van der Waals surface area contributed by atoms with E-state index in [1.807, 2.05) is 0 Å². The van der Waals surface area contributed by atoms with Gasteiger partial charge < -0.3 is 19.9 Å². The topological polar surface area (TPSA) is 84.9 Å². The van der Waals surface area contributed by atoms with Crippen LogP contribution in [0, 0.1) is 11.8 Å². The molecule has 0 aromatic rings. The number of ketones is 2. The van der Waals surface area contributed by atoms with Crippen molar-refractivity contribution in [3.63, 3.8) is 0 Å². The molecule has 9 heteroatoms. The van der Waals surface area contributed by atoms with Gasteiger partial charge >= 0.3 is 6.18 Å². The van der Waals surface area contributed by atoms with Crippen LogP contribution in [0.4, 0.5) is 13.2 Å². The Hall–Kier alpha value is -2.13. The quantitative estimate of drug-likeness (QED) is 0.308. The van der Waals surface area contributed by atoms with E-state index in [1.165, 1.54) is 13.2 Å². The monoisotopic (exact) mass is 401 g/mol. The first-order valence-electron chi connectivity index (χ1n) is 9.03. The summed E-state index contributed by atoms with van der Waals surface area (Å²) in [6.45, 7) is -0.152. The van der Waals surface area contributed by atoms with Gasteiger partial charge in [-0.05, 0) is 31.4 Å². The second kappa shape index (κ2) is 7.71. The van der Waals surface area contributed by atoms with Gasteiger partial charge in [-0.1, -0.05) is 6.08 Å². The van der Waals surface area contributed by atoms with Crippen LogP contribution >= 0.6 is 0 Å². The van der Waals surface area contributed by atoms with Crippen molar-refractivity contribution in [2.75, 3.05) is 26.9 Å². The van der Waals surface area contributed by atoms with Crippen molar-refractivity contribution in [1.29, 1.82) is 0 Å². The third-order valence-electron chi connectivity index (χ3n) is 5.39. The minimum atomic E-state index is -4.70. The van der Waals surface area contributed by atoms with Crippen LogP contribution in [0.3, 0.4) is 0 Å². The van der Waals surface area contributed by atoms with Crippen LogP contribution in [0.15, 0.2) is 35.3 Å². The molecule has 0 spiro atoms. The van der Waals surface area contributed by atoms with E-state index in [0.717, 1.165) is 12.2 Å². The lowest BCUT2D eigenvalue weighted by molar-refractivity contribution is -0.128. The van der Waals surface area contributed by atoms with Crippen molar-refractivity contribution < 1.29 is 37.3 Å². The summed E-state index contributed by atoms with van der Waals surface area (Å²) in [6, 6.07) is 0. The second-order valence-electron chi connectivity index (χ2n) is 7.24. The largest absolute Gasteiger partial charge is 0.508 e. The average molecular weight is 401 g/mol. The third kappa shape index (κ3) is 3.73. The molecule has 28 heavy (non-hydrogen) atoms. The van der Waals surface area contributed by atoms with Gasteiger partial charge in [0.25, 0.3) is 0 Å². The van der Waals surface area contributed by atoms with E-state index in [2.05, 4.69) is 5.32 Å². The predicted molar refractivity (Wildman–Crippen MR) is 92.3 cm³/mol. The fraction of sp³-hybridized carbons (Fsp3) is 0.579. The number of methoxy groups -OCH3 is 1. The molecule has 2 saturated carbocycles. The summed E-state index contributed by atoms with van der Waals surface area (Å²) in [7, 11) is 1.44. The fourth-order valence-electron chi connectivity index (χ4n) is 3.91. The molecule has 0 saturated heterocycles. The van der Waals surface area contributed by atoms with E-state index in [4.69, 9.17) is 9.47 Å². The first-order valence-corrected chi connectivity index (χ1v) is 9.03. The van der Waals surface area contributed by atoms with Gasteiger partial charge in [0, 0.05) is 18.9 Å². The normalized spacial score (nSPS) is 29.7. The number of aliphatic hydroxyl groups excluding tert-OH is 1. The van der Waals surface area contributed by atoms with E-state index in [1.54, 1.807) is 0 Å². The van der Waals surface area contributed by atoms with Crippen molar-refractivity contribution in [3.05, 3.63) is 35.3 Å². The highest BCUT2D eigenvalue weighted by atomic mass is 19.4. The highest BCUT2D eigenvalue weighted by Gasteiger charge is 2.50. The van der Waals surface area contributed by atoms with Crippen molar-refractivity contribution in [2.45, 2.75) is 31.0 Å². The molecule has 0 aromatic carbocycles. The molecule has 0 radical (unpaired) electrons. The first kappa shape index (κ1) is 20.6. The Bertz CT molecular complexity index is 731. The van der Waals surface area contributed by atoms with Crippen LogP contribution in [0.25, 0.3) is 0 Å². The molecule has 154 valence electrons. The van der Waals surface area contributed by atoms with E-state index in [9.17, 15) is 27.9 Å². The summed E-state index contributed by atoms with van der Waals surface area (Å²) in [5, 5.41) is 13.2. The number of Topliss-reactive ketones (excluding diaryl/α,β-unsaturated/α-hetero) is 2. The predicted octanol–water partition coefficient (Wildman–Crippen LogP) is 2.37. The summed E-state index contributed by atoms with van der Waals surface area (Å²) in [4.78, 5) is 25.4. The molecule has 3 rings (SSSR count). The molecule has 2 N–H and O–H groups in total. The molecule has 3 unspecified atom stereocenters. The molecule has 2 fully saturated rings.